The van der Waals surface area contributed by atoms with Crippen LogP contribution in [0.3, 0.4) is 0 Å². The van der Waals surface area contributed by atoms with Gasteiger partial charge in [-0.25, -0.2) is 0 Å². The molecule has 0 aromatic heterocycles. The topological polar surface area (TPSA) is 104 Å². The van der Waals surface area contributed by atoms with Gasteiger partial charge in [0.15, 0.2) is 11.5 Å². The van der Waals surface area contributed by atoms with Crippen LogP contribution in [0, 0.1) is 17.2 Å². The third-order valence-corrected chi connectivity index (χ3v) is 4.80. The highest BCUT2D eigenvalue weighted by Crippen LogP contribution is 2.44. The summed E-state index contributed by atoms with van der Waals surface area (Å²) in [7, 11) is 0. The third-order valence-electron chi connectivity index (χ3n) is 4.80. The van der Waals surface area contributed by atoms with Crippen LogP contribution in [0.15, 0.2) is 47.9 Å². The molecule has 0 saturated carbocycles. The van der Waals surface area contributed by atoms with E-state index in [0.717, 1.165) is 17.5 Å². The Balaban J connectivity index is 2.02. The summed E-state index contributed by atoms with van der Waals surface area (Å²) in [6.45, 7) is 7.37. The summed E-state index contributed by atoms with van der Waals surface area (Å²) >= 11 is 0. The van der Waals surface area contributed by atoms with Gasteiger partial charge in [0.1, 0.15) is 17.4 Å². The SMILES string of the molecule is CCOc1cc([C@@H]2C(C#N)=C(N)Oc3cc(N)ccc32)ccc1OCCC(C)C. The first-order valence-electron chi connectivity index (χ1n) is 9.81. The van der Waals surface area contributed by atoms with Crippen molar-refractivity contribution in [3.05, 3.63) is 59.0 Å². The zero-order chi connectivity index (χ0) is 21.0. The summed E-state index contributed by atoms with van der Waals surface area (Å²) in [6.07, 6.45) is 0.958. The van der Waals surface area contributed by atoms with Crippen molar-refractivity contribution in [2.45, 2.75) is 33.1 Å². The summed E-state index contributed by atoms with van der Waals surface area (Å²) in [5.74, 6) is 2.17. The van der Waals surface area contributed by atoms with Crippen molar-refractivity contribution >= 4 is 5.69 Å². The fraction of sp³-hybridized carbons (Fsp3) is 0.348. The van der Waals surface area contributed by atoms with Crippen LogP contribution in [-0.2, 0) is 0 Å². The maximum atomic E-state index is 9.72. The molecule has 1 aliphatic rings. The fourth-order valence-corrected chi connectivity index (χ4v) is 3.31. The number of benzene rings is 2. The van der Waals surface area contributed by atoms with Crippen LogP contribution in [-0.4, -0.2) is 13.2 Å². The van der Waals surface area contributed by atoms with Crippen LogP contribution < -0.4 is 25.7 Å². The summed E-state index contributed by atoms with van der Waals surface area (Å²) in [4.78, 5) is 0. The van der Waals surface area contributed by atoms with E-state index in [1.807, 2.05) is 31.2 Å². The molecule has 0 amide bonds. The van der Waals surface area contributed by atoms with Crippen molar-refractivity contribution in [3.63, 3.8) is 0 Å². The third kappa shape index (κ3) is 4.40. The summed E-state index contributed by atoms with van der Waals surface area (Å²) < 4.78 is 17.4. The number of rotatable bonds is 7. The second kappa shape index (κ2) is 8.78. The van der Waals surface area contributed by atoms with E-state index in [1.54, 1.807) is 12.1 Å². The van der Waals surface area contributed by atoms with Gasteiger partial charge in [-0.3, -0.25) is 0 Å². The number of hydrogen-bond donors (Lipinski definition) is 2. The zero-order valence-electron chi connectivity index (χ0n) is 17.1. The first kappa shape index (κ1) is 20.4. The Morgan fingerprint density at radius 1 is 1.10 bits per heavy atom. The minimum atomic E-state index is -0.367. The quantitative estimate of drug-likeness (QED) is 0.679. The standard InChI is InChI=1S/C23H27N3O3/c1-4-27-21-11-15(5-8-19(21)28-10-9-14(2)3)22-17-7-6-16(25)12-20(17)29-23(26)18(22)13-24/h5-8,11-12,14,22H,4,9-10,25-26H2,1-3H3/t22-/m0/s1. The zero-order valence-corrected chi connectivity index (χ0v) is 17.1. The molecular formula is C23H27N3O3. The first-order chi connectivity index (χ1) is 13.9. The monoisotopic (exact) mass is 393 g/mol. The van der Waals surface area contributed by atoms with E-state index < -0.39 is 0 Å². The molecule has 0 spiro atoms. The average molecular weight is 393 g/mol. The Hall–Kier alpha value is -3.33. The maximum Gasteiger partial charge on any atom is 0.205 e. The lowest BCUT2D eigenvalue weighted by molar-refractivity contribution is 0.261. The molecule has 0 bridgehead atoms. The van der Waals surface area contributed by atoms with Crippen molar-refractivity contribution < 1.29 is 14.2 Å². The molecule has 0 aliphatic carbocycles. The van der Waals surface area contributed by atoms with Crippen molar-refractivity contribution in [2.24, 2.45) is 11.7 Å². The van der Waals surface area contributed by atoms with Crippen molar-refractivity contribution in [1.29, 1.82) is 5.26 Å². The Morgan fingerprint density at radius 3 is 2.59 bits per heavy atom. The molecule has 4 N–H and O–H groups in total. The molecule has 1 aliphatic heterocycles. The van der Waals surface area contributed by atoms with Crippen molar-refractivity contribution in [3.8, 4) is 23.3 Å². The lowest BCUT2D eigenvalue weighted by Gasteiger charge is -2.27. The van der Waals surface area contributed by atoms with Crippen LogP contribution in [0.4, 0.5) is 5.69 Å². The second-order valence-corrected chi connectivity index (χ2v) is 7.39. The minimum absolute atomic E-state index is 0.0887. The van der Waals surface area contributed by atoms with Gasteiger partial charge in [0, 0.05) is 17.3 Å². The van der Waals surface area contributed by atoms with Gasteiger partial charge in [-0.2, -0.15) is 5.26 Å². The number of ether oxygens (including phenoxy) is 3. The molecule has 6 nitrogen and oxygen atoms in total. The number of fused-ring (bicyclic) bond motifs is 1. The number of hydrogen-bond acceptors (Lipinski definition) is 6. The molecular weight excluding hydrogens is 366 g/mol. The number of nitrogens with zero attached hydrogens (tertiary/aromatic N) is 1. The van der Waals surface area contributed by atoms with Crippen LogP contribution in [0.5, 0.6) is 17.2 Å². The molecule has 6 heteroatoms. The number of nitrogens with two attached hydrogens (primary N) is 2. The Bertz CT molecular complexity index is 960. The molecule has 0 fully saturated rings. The second-order valence-electron chi connectivity index (χ2n) is 7.39. The van der Waals surface area contributed by atoms with Crippen LogP contribution >= 0.6 is 0 Å². The lowest BCUT2D eigenvalue weighted by Crippen LogP contribution is -2.21. The van der Waals surface area contributed by atoms with Gasteiger partial charge < -0.3 is 25.7 Å². The van der Waals surface area contributed by atoms with E-state index in [2.05, 4.69) is 19.9 Å². The highest BCUT2D eigenvalue weighted by Gasteiger charge is 2.31. The Morgan fingerprint density at radius 2 is 1.90 bits per heavy atom. The summed E-state index contributed by atoms with van der Waals surface area (Å²) in [6, 6.07) is 13.3. The largest absolute Gasteiger partial charge is 0.490 e. The summed E-state index contributed by atoms with van der Waals surface area (Å²) in [5, 5.41) is 9.72. The van der Waals surface area contributed by atoms with Gasteiger partial charge in [-0.15, -0.1) is 0 Å². The predicted octanol–water partition coefficient (Wildman–Crippen LogP) is 4.31. The van der Waals surface area contributed by atoms with Gasteiger partial charge >= 0.3 is 0 Å². The Kier molecular flexibility index (Phi) is 6.18. The Labute approximate surface area is 171 Å². The first-order valence-corrected chi connectivity index (χ1v) is 9.81. The molecule has 0 saturated heterocycles. The molecule has 3 rings (SSSR count). The molecule has 1 atom stereocenters. The van der Waals surface area contributed by atoms with E-state index >= 15 is 0 Å². The van der Waals surface area contributed by atoms with E-state index in [4.69, 9.17) is 25.7 Å². The number of allylic oxidation sites excluding steroid dienone is 1. The average Bonchev–Trinajstić information content (AvgIpc) is 2.67. The van der Waals surface area contributed by atoms with Crippen molar-refractivity contribution in [2.75, 3.05) is 18.9 Å². The van der Waals surface area contributed by atoms with Gasteiger partial charge in [-0.1, -0.05) is 26.0 Å². The molecule has 0 unspecified atom stereocenters. The minimum Gasteiger partial charge on any atom is -0.490 e. The van der Waals surface area contributed by atoms with Crippen LogP contribution in [0.1, 0.15) is 44.2 Å². The number of anilines is 1. The van der Waals surface area contributed by atoms with E-state index in [-0.39, 0.29) is 11.8 Å². The smallest absolute Gasteiger partial charge is 0.205 e. The molecule has 29 heavy (non-hydrogen) atoms. The van der Waals surface area contributed by atoms with Gasteiger partial charge in [-0.05, 0) is 43.0 Å². The summed E-state index contributed by atoms with van der Waals surface area (Å²) in [5.41, 5.74) is 14.6. The highest BCUT2D eigenvalue weighted by atomic mass is 16.5. The predicted molar refractivity (Wildman–Crippen MR) is 113 cm³/mol. The normalized spacial score (nSPS) is 15.5. The van der Waals surface area contributed by atoms with E-state index in [1.165, 1.54) is 0 Å². The van der Waals surface area contributed by atoms with E-state index in [9.17, 15) is 5.26 Å². The molecule has 152 valence electrons. The van der Waals surface area contributed by atoms with Crippen LogP contribution in [0.2, 0.25) is 0 Å². The molecule has 0 radical (unpaired) electrons. The lowest BCUT2D eigenvalue weighted by atomic mass is 9.83. The molecule has 2 aromatic carbocycles. The van der Waals surface area contributed by atoms with Gasteiger partial charge in [0.2, 0.25) is 5.88 Å². The van der Waals surface area contributed by atoms with Gasteiger partial charge in [0.05, 0.1) is 19.1 Å². The molecule has 1 heterocycles. The van der Waals surface area contributed by atoms with E-state index in [0.29, 0.717) is 47.6 Å². The fourth-order valence-electron chi connectivity index (χ4n) is 3.31. The molecule has 2 aromatic rings. The highest BCUT2D eigenvalue weighted by molar-refractivity contribution is 5.60. The van der Waals surface area contributed by atoms with Gasteiger partial charge in [0.25, 0.3) is 0 Å². The van der Waals surface area contributed by atoms with Crippen LogP contribution in [0.25, 0.3) is 0 Å². The number of nitriles is 1. The number of nitrogen functional groups attached to an aromatic ring is 1. The maximum absolute atomic E-state index is 9.72. The van der Waals surface area contributed by atoms with Crippen molar-refractivity contribution in [1.82, 2.24) is 0 Å².